The fourth-order valence-electron chi connectivity index (χ4n) is 1.63. The van der Waals surface area contributed by atoms with Crippen molar-refractivity contribution in [1.82, 2.24) is 9.78 Å². The normalized spacial score (nSPS) is 20.3. The van der Waals surface area contributed by atoms with Crippen LogP contribution in [0.5, 0.6) is 0 Å². The second-order valence-corrected chi connectivity index (χ2v) is 3.90. The predicted molar refractivity (Wildman–Crippen MR) is 44.5 cm³/mol. The van der Waals surface area contributed by atoms with Crippen LogP contribution in [0.1, 0.15) is 31.0 Å². The molecule has 0 atom stereocenters. The maximum Gasteiger partial charge on any atom is 0.0712 e. The van der Waals surface area contributed by atoms with E-state index in [1.54, 1.807) is 0 Å². The highest BCUT2D eigenvalue weighted by Gasteiger charge is 2.42. The first kappa shape index (κ1) is 6.89. The van der Waals surface area contributed by atoms with Gasteiger partial charge >= 0.3 is 0 Å². The third-order valence-electron chi connectivity index (χ3n) is 2.58. The molecule has 0 amide bonds. The van der Waals surface area contributed by atoms with E-state index in [-0.39, 0.29) is 0 Å². The zero-order valence-corrected chi connectivity index (χ0v) is 7.39. The van der Waals surface area contributed by atoms with E-state index in [2.05, 4.69) is 25.1 Å². The van der Waals surface area contributed by atoms with Crippen molar-refractivity contribution in [3.05, 3.63) is 17.5 Å². The smallest absolute Gasteiger partial charge is 0.0712 e. The molecule has 1 aromatic rings. The Morgan fingerprint density at radius 1 is 1.55 bits per heavy atom. The zero-order chi connectivity index (χ0) is 8.06. The van der Waals surface area contributed by atoms with E-state index in [4.69, 9.17) is 0 Å². The van der Waals surface area contributed by atoms with Gasteiger partial charge in [0.15, 0.2) is 0 Å². The first-order chi connectivity index (χ1) is 5.12. The summed E-state index contributed by atoms with van der Waals surface area (Å²) >= 11 is 0. The lowest BCUT2D eigenvalue weighted by atomic mass is 10.0. The van der Waals surface area contributed by atoms with Gasteiger partial charge in [0.1, 0.15) is 0 Å². The molecule has 0 saturated heterocycles. The van der Waals surface area contributed by atoms with E-state index >= 15 is 0 Å². The van der Waals surface area contributed by atoms with Gasteiger partial charge in [-0.1, -0.05) is 6.92 Å². The molecule has 0 aromatic carbocycles. The van der Waals surface area contributed by atoms with Crippen LogP contribution in [0, 0.1) is 6.92 Å². The highest BCUT2D eigenvalue weighted by Crippen LogP contribution is 2.47. The Balaban J connectivity index is 2.44. The van der Waals surface area contributed by atoms with Crippen LogP contribution in [-0.4, -0.2) is 9.78 Å². The van der Waals surface area contributed by atoms with Crippen molar-refractivity contribution in [2.24, 2.45) is 7.05 Å². The molecule has 1 aliphatic rings. The number of nitrogens with zero attached hydrogens (tertiary/aromatic N) is 2. The number of rotatable bonds is 1. The average Bonchev–Trinajstić information content (AvgIpc) is 2.55. The second kappa shape index (κ2) is 1.87. The van der Waals surface area contributed by atoms with Gasteiger partial charge in [-0.3, -0.25) is 4.68 Å². The van der Waals surface area contributed by atoms with Gasteiger partial charge < -0.3 is 0 Å². The SMILES string of the molecule is Cc1cn(C)nc1C1(C)CC1. The van der Waals surface area contributed by atoms with E-state index in [1.165, 1.54) is 24.1 Å². The Bertz CT molecular complexity index is 282. The number of hydrogen-bond acceptors (Lipinski definition) is 1. The van der Waals surface area contributed by atoms with E-state index in [1.807, 2.05) is 11.7 Å². The van der Waals surface area contributed by atoms with Gasteiger partial charge in [0, 0.05) is 18.7 Å². The highest BCUT2D eigenvalue weighted by atomic mass is 15.3. The van der Waals surface area contributed by atoms with Gasteiger partial charge in [-0.2, -0.15) is 5.10 Å². The molecule has 1 aliphatic carbocycles. The standard InChI is InChI=1S/C9H14N2/c1-7-6-11(3)10-8(7)9(2)4-5-9/h6H,4-5H2,1-3H3. The summed E-state index contributed by atoms with van der Waals surface area (Å²) in [6, 6.07) is 0. The average molecular weight is 150 g/mol. The van der Waals surface area contributed by atoms with Crippen LogP contribution in [0.25, 0.3) is 0 Å². The molecule has 2 nitrogen and oxygen atoms in total. The number of hydrogen-bond donors (Lipinski definition) is 0. The van der Waals surface area contributed by atoms with Crippen molar-refractivity contribution in [2.75, 3.05) is 0 Å². The predicted octanol–water partition coefficient (Wildman–Crippen LogP) is 1.78. The molecule has 11 heavy (non-hydrogen) atoms. The molecule has 60 valence electrons. The van der Waals surface area contributed by atoms with Gasteiger partial charge in [-0.25, -0.2) is 0 Å². The van der Waals surface area contributed by atoms with Crippen molar-refractivity contribution in [1.29, 1.82) is 0 Å². The van der Waals surface area contributed by atoms with Crippen molar-refractivity contribution in [2.45, 2.75) is 32.1 Å². The van der Waals surface area contributed by atoms with E-state index in [0.717, 1.165) is 0 Å². The fraction of sp³-hybridized carbons (Fsp3) is 0.667. The second-order valence-electron chi connectivity index (χ2n) is 3.90. The number of aryl methyl sites for hydroxylation is 2. The Morgan fingerprint density at radius 2 is 2.18 bits per heavy atom. The van der Waals surface area contributed by atoms with Gasteiger partial charge in [0.2, 0.25) is 0 Å². The molecule has 1 heterocycles. The molecule has 1 saturated carbocycles. The summed E-state index contributed by atoms with van der Waals surface area (Å²) in [5, 5.41) is 4.46. The molecule has 0 unspecified atom stereocenters. The van der Waals surface area contributed by atoms with Crippen LogP contribution < -0.4 is 0 Å². The van der Waals surface area contributed by atoms with Crippen molar-refractivity contribution < 1.29 is 0 Å². The van der Waals surface area contributed by atoms with Crippen molar-refractivity contribution >= 4 is 0 Å². The van der Waals surface area contributed by atoms with E-state index < -0.39 is 0 Å². The van der Waals surface area contributed by atoms with E-state index in [0.29, 0.717) is 5.41 Å². The molecular weight excluding hydrogens is 136 g/mol. The van der Waals surface area contributed by atoms with Crippen LogP contribution in [-0.2, 0) is 12.5 Å². The largest absolute Gasteiger partial charge is 0.275 e. The molecule has 1 fully saturated rings. The van der Waals surface area contributed by atoms with Crippen molar-refractivity contribution in [3.8, 4) is 0 Å². The Labute approximate surface area is 67.2 Å². The van der Waals surface area contributed by atoms with Crippen LogP contribution in [0.3, 0.4) is 0 Å². The molecule has 2 heteroatoms. The molecule has 0 aliphatic heterocycles. The first-order valence-corrected chi connectivity index (χ1v) is 4.12. The van der Waals surface area contributed by atoms with Crippen LogP contribution in [0.2, 0.25) is 0 Å². The van der Waals surface area contributed by atoms with Crippen LogP contribution in [0.4, 0.5) is 0 Å². The Hall–Kier alpha value is -0.790. The summed E-state index contributed by atoms with van der Waals surface area (Å²) in [6.07, 6.45) is 4.72. The quantitative estimate of drug-likeness (QED) is 0.596. The summed E-state index contributed by atoms with van der Waals surface area (Å²) in [5.41, 5.74) is 3.07. The lowest BCUT2D eigenvalue weighted by Crippen LogP contribution is -2.03. The van der Waals surface area contributed by atoms with Gasteiger partial charge in [-0.15, -0.1) is 0 Å². The minimum atomic E-state index is 0.422. The third-order valence-corrected chi connectivity index (χ3v) is 2.58. The lowest BCUT2D eigenvalue weighted by Gasteiger charge is -2.03. The zero-order valence-electron chi connectivity index (χ0n) is 7.39. The fourth-order valence-corrected chi connectivity index (χ4v) is 1.63. The molecule has 2 rings (SSSR count). The highest BCUT2D eigenvalue weighted by molar-refractivity contribution is 5.29. The molecule has 0 bridgehead atoms. The molecular formula is C9H14N2. The van der Waals surface area contributed by atoms with Crippen LogP contribution >= 0.6 is 0 Å². The number of aromatic nitrogens is 2. The minimum absolute atomic E-state index is 0.422. The third kappa shape index (κ3) is 0.971. The molecule has 0 radical (unpaired) electrons. The molecule has 0 N–H and O–H groups in total. The summed E-state index contributed by atoms with van der Waals surface area (Å²) in [6.45, 7) is 4.44. The summed E-state index contributed by atoms with van der Waals surface area (Å²) < 4.78 is 1.91. The van der Waals surface area contributed by atoms with Gasteiger partial charge in [-0.05, 0) is 25.3 Å². The van der Waals surface area contributed by atoms with Gasteiger partial charge in [0.25, 0.3) is 0 Å². The lowest BCUT2D eigenvalue weighted by molar-refractivity contribution is 0.680. The summed E-state index contributed by atoms with van der Waals surface area (Å²) in [4.78, 5) is 0. The van der Waals surface area contributed by atoms with Gasteiger partial charge in [0.05, 0.1) is 5.69 Å². The molecule has 1 aromatic heterocycles. The van der Waals surface area contributed by atoms with Crippen LogP contribution in [0.15, 0.2) is 6.20 Å². The molecule has 0 spiro atoms. The monoisotopic (exact) mass is 150 g/mol. The first-order valence-electron chi connectivity index (χ1n) is 4.12. The summed E-state index contributed by atoms with van der Waals surface area (Å²) in [5.74, 6) is 0. The summed E-state index contributed by atoms with van der Waals surface area (Å²) in [7, 11) is 1.99. The Morgan fingerprint density at radius 3 is 2.55 bits per heavy atom. The Kier molecular flexibility index (Phi) is 1.17. The minimum Gasteiger partial charge on any atom is -0.275 e. The maximum atomic E-state index is 4.46. The maximum absolute atomic E-state index is 4.46. The van der Waals surface area contributed by atoms with E-state index in [9.17, 15) is 0 Å². The topological polar surface area (TPSA) is 17.8 Å². The van der Waals surface area contributed by atoms with Crippen molar-refractivity contribution in [3.63, 3.8) is 0 Å².